The normalized spacial score (nSPS) is 21.4. The number of carbonyl (C=O) groups excluding carboxylic acids is 2. The molecule has 2 rings (SSSR count). The number of urea groups is 1. The number of hydrogen-bond donors (Lipinski definition) is 1. The Morgan fingerprint density at radius 3 is 2.50 bits per heavy atom. The fraction of sp³-hybridized carbons (Fsp3) is 0.500. The third kappa shape index (κ3) is 3.21. The first-order valence-electron chi connectivity index (χ1n) is 7.35. The maximum absolute atomic E-state index is 13.1. The highest BCUT2D eigenvalue weighted by molar-refractivity contribution is 5.82. The largest absolute Gasteiger partial charge is 0.337 e. The molecule has 0 saturated carbocycles. The van der Waals surface area contributed by atoms with E-state index < -0.39 is 0 Å². The molecule has 0 radical (unpaired) electrons. The van der Waals surface area contributed by atoms with Crippen molar-refractivity contribution in [3.8, 4) is 0 Å². The Balaban J connectivity index is 2.20. The van der Waals surface area contributed by atoms with E-state index in [-0.39, 0.29) is 42.3 Å². The predicted octanol–water partition coefficient (Wildman–Crippen LogP) is 2.15. The van der Waals surface area contributed by atoms with E-state index in [1.54, 1.807) is 36.0 Å². The van der Waals surface area contributed by atoms with Crippen LogP contribution in [0.4, 0.5) is 9.18 Å². The lowest BCUT2D eigenvalue weighted by Crippen LogP contribution is -2.47. The monoisotopic (exact) mass is 307 g/mol. The Bertz CT molecular complexity index is 559. The SMILES string of the molecule is CC(C)N(C)C(=O)N[C@@H]1CC(=O)N(C)[C@@H]1c1ccc(F)cc1. The molecule has 1 fully saturated rings. The molecule has 1 heterocycles. The van der Waals surface area contributed by atoms with Gasteiger partial charge in [0.25, 0.3) is 0 Å². The van der Waals surface area contributed by atoms with E-state index in [0.29, 0.717) is 0 Å². The number of hydrogen-bond acceptors (Lipinski definition) is 2. The minimum atomic E-state index is -0.323. The highest BCUT2D eigenvalue weighted by atomic mass is 19.1. The third-order valence-electron chi connectivity index (χ3n) is 4.20. The molecular weight excluding hydrogens is 285 g/mol. The van der Waals surface area contributed by atoms with Crippen LogP contribution in [0.3, 0.4) is 0 Å². The van der Waals surface area contributed by atoms with Crippen molar-refractivity contribution in [2.75, 3.05) is 14.1 Å². The van der Waals surface area contributed by atoms with E-state index in [2.05, 4.69) is 5.32 Å². The first-order valence-corrected chi connectivity index (χ1v) is 7.35. The summed E-state index contributed by atoms with van der Waals surface area (Å²) in [5.41, 5.74) is 0.812. The minimum absolute atomic E-state index is 0.0353. The van der Waals surface area contributed by atoms with Crippen molar-refractivity contribution in [2.45, 2.75) is 38.4 Å². The van der Waals surface area contributed by atoms with E-state index in [0.717, 1.165) is 5.56 Å². The molecule has 0 unspecified atom stereocenters. The summed E-state index contributed by atoms with van der Waals surface area (Å²) >= 11 is 0. The van der Waals surface area contributed by atoms with Crippen LogP contribution in [-0.4, -0.2) is 47.9 Å². The second kappa shape index (κ2) is 6.34. The molecule has 2 atom stereocenters. The van der Waals surface area contributed by atoms with Gasteiger partial charge in [0.05, 0.1) is 12.1 Å². The first-order chi connectivity index (χ1) is 10.3. The quantitative estimate of drug-likeness (QED) is 0.930. The van der Waals surface area contributed by atoms with Crippen molar-refractivity contribution in [1.82, 2.24) is 15.1 Å². The molecule has 1 aliphatic rings. The average Bonchev–Trinajstić information content (AvgIpc) is 2.74. The fourth-order valence-electron chi connectivity index (χ4n) is 2.61. The van der Waals surface area contributed by atoms with Gasteiger partial charge in [0.15, 0.2) is 0 Å². The van der Waals surface area contributed by atoms with Crippen LogP contribution in [0.5, 0.6) is 0 Å². The average molecular weight is 307 g/mol. The van der Waals surface area contributed by atoms with Gasteiger partial charge in [0, 0.05) is 26.6 Å². The molecule has 0 spiro atoms. The summed E-state index contributed by atoms with van der Waals surface area (Å²) in [5.74, 6) is -0.359. The van der Waals surface area contributed by atoms with E-state index in [1.807, 2.05) is 13.8 Å². The van der Waals surface area contributed by atoms with Crippen molar-refractivity contribution in [3.63, 3.8) is 0 Å². The van der Waals surface area contributed by atoms with Crippen LogP contribution in [0, 0.1) is 5.82 Å². The summed E-state index contributed by atoms with van der Waals surface area (Å²) < 4.78 is 13.1. The van der Waals surface area contributed by atoms with Crippen LogP contribution in [0.2, 0.25) is 0 Å². The van der Waals surface area contributed by atoms with Gasteiger partial charge in [-0.15, -0.1) is 0 Å². The molecular formula is C16H22FN3O2. The third-order valence-corrected chi connectivity index (χ3v) is 4.20. The summed E-state index contributed by atoms with van der Waals surface area (Å²) in [6, 6.07) is 5.29. The van der Waals surface area contributed by atoms with Crippen LogP contribution in [0.1, 0.15) is 31.9 Å². The van der Waals surface area contributed by atoms with Gasteiger partial charge in [-0.05, 0) is 31.5 Å². The molecule has 3 amide bonds. The zero-order valence-corrected chi connectivity index (χ0v) is 13.3. The van der Waals surface area contributed by atoms with Crippen molar-refractivity contribution in [1.29, 1.82) is 0 Å². The molecule has 1 saturated heterocycles. The second-order valence-corrected chi connectivity index (χ2v) is 5.97. The van der Waals surface area contributed by atoms with Crippen LogP contribution in [-0.2, 0) is 4.79 Å². The molecule has 0 aliphatic carbocycles. The topological polar surface area (TPSA) is 52.7 Å². The summed E-state index contributed by atoms with van der Waals surface area (Å²) in [5, 5.41) is 2.91. The number of rotatable bonds is 3. The number of benzene rings is 1. The first kappa shape index (κ1) is 16.3. The smallest absolute Gasteiger partial charge is 0.317 e. The molecule has 1 aromatic rings. The Morgan fingerprint density at radius 1 is 1.36 bits per heavy atom. The minimum Gasteiger partial charge on any atom is -0.337 e. The molecule has 1 aromatic carbocycles. The molecule has 1 aliphatic heterocycles. The summed E-state index contributed by atoms with van der Waals surface area (Å²) in [4.78, 5) is 27.4. The van der Waals surface area contributed by atoms with E-state index >= 15 is 0 Å². The van der Waals surface area contributed by atoms with Gasteiger partial charge in [-0.1, -0.05) is 12.1 Å². The molecule has 0 aromatic heterocycles. The zero-order chi connectivity index (χ0) is 16.4. The summed E-state index contributed by atoms with van der Waals surface area (Å²) in [6.45, 7) is 3.84. The van der Waals surface area contributed by atoms with Crippen molar-refractivity contribution >= 4 is 11.9 Å². The number of amides is 3. The lowest BCUT2D eigenvalue weighted by Gasteiger charge is -2.29. The van der Waals surface area contributed by atoms with E-state index in [1.165, 1.54) is 12.1 Å². The lowest BCUT2D eigenvalue weighted by molar-refractivity contribution is -0.127. The fourth-order valence-corrected chi connectivity index (χ4v) is 2.61. The molecule has 6 heteroatoms. The number of nitrogens with zero attached hydrogens (tertiary/aromatic N) is 2. The van der Waals surface area contributed by atoms with E-state index in [4.69, 9.17) is 0 Å². The van der Waals surface area contributed by atoms with Crippen molar-refractivity contribution < 1.29 is 14.0 Å². The summed E-state index contributed by atoms with van der Waals surface area (Å²) in [6.07, 6.45) is 0.246. The number of halogens is 1. The maximum Gasteiger partial charge on any atom is 0.317 e. The summed E-state index contributed by atoms with van der Waals surface area (Å²) in [7, 11) is 3.42. The van der Waals surface area contributed by atoms with Crippen LogP contribution < -0.4 is 5.32 Å². The Labute approximate surface area is 130 Å². The number of likely N-dealkylation sites (N-methyl/N-ethyl adjacent to an activating group) is 1. The van der Waals surface area contributed by atoms with Gasteiger partial charge in [0.2, 0.25) is 5.91 Å². The van der Waals surface area contributed by atoms with Crippen LogP contribution in [0.15, 0.2) is 24.3 Å². The van der Waals surface area contributed by atoms with Crippen LogP contribution in [0.25, 0.3) is 0 Å². The Hall–Kier alpha value is -2.11. The van der Waals surface area contributed by atoms with Gasteiger partial charge in [0.1, 0.15) is 5.82 Å². The van der Waals surface area contributed by atoms with Crippen molar-refractivity contribution in [2.24, 2.45) is 0 Å². The second-order valence-electron chi connectivity index (χ2n) is 5.97. The van der Waals surface area contributed by atoms with E-state index in [9.17, 15) is 14.0 Å². The van der Waals surface area contributed by atoms with Gasteiger partial charge in [-0.2, -0.15) is 0 Å². The number of likely N-dealkylation sites (tertiary alicyclic amines) is 1. The molecule has 5 nitrogen and oxygen atoms in total. The molecule has 120 valence electrons. The Morgan fingerprint density at radius 2 is 1.95 bits per heavy atom. The highest BCUT2D eigenvalue weighted by Crippen LogP contribution is 2.32. The number of nitrogens with one attached hydrogen (secondary N) is 1. The predicted molar refractivity (Wildman–Crippen MR) is 81.7 cm³/mol. The van der Waals surface area contributed by atoms with Gasteiger partial charge < -0.3 is 15.1 Å². The number of carbonyl (C=O) groups is 2. The Kier molecular flexibility index (Phi) is 4.68. The van der Waals surface area contributed by atoms with Crippen molar-refractivity contribution in [3.05, 3.63) is 35.6 Å². The zero-order valence-electron chi connectivity index (χ0n) is 13.3. The van der Waals surface area contributed by atoms with Gasteiger partial charge in [-0.3, -0.25) is 4.79 Å². The lowest BCUT2D eigenvalue weighted by atomic mass is 10.0. The van der Waals surface area contributed by atoms with Gasteiger partial charge >= 0.3 is 6.03 Å². The molecule has 0 bridgehead atoms. The standard InChI is InChI=1S/C16H22FN3O2/c1-10(2)19(3)16(22)18-13-9-14(21)20(4)15(13)11-5-7-12(17)8-6-11/h5-8,10,13,15H,9H2,1-4H3,(H,18,22)/t13-,15-/m1/s1. The molecule has 1 N–H and O–H groups in total. The maximum atomic E-state index is 13.1. The molecule has 22 heavy (non-hydrogen) atoms. The van der Waals surface area contributed by atoms with Crippen LogP contribution >= 0.6 is 0 Å². The highest BCUT2D eigenvalue weighted by Gasteiger charge is 2.39. The van der Waals surface area contributed by atoms with Gasteiger partial charge in [-0.25, -0.2) is 9.18 Å².